The van der Waals surface area contributed by atoms with Gasteiger partial charge in [0.25, 0.3) is 0 Å². The van der Waals surface area contributed by atoms with E-state index in [9.17, 15) is 0 Å². The third-order valence-electron chi connectivity index (χ3n) is 2.44. The smallest absolute Gasteiger partial charge is 0.128 e. The van der Waals surface area contributed by atoms with Crippen molar-refractivity contribution in [2.75, 3.05) is 6.61 Å². The molecule has 0 bridgehead atoms. The highest BCUT2D eigenvalue weighted by Gasteiger charge is 2.10. The maximum Gasteiger partial charge on any atom is 0.128 e. The van der Waals surface area contributed by atoms with Crippen LogP contribution < -0.4 is 10.5 Å². The van der Waals surface area contributed by atoms with Crippen LogP contribution in [0.25, 0.3) is 11.3 Å². The first-order valence-corrected chi connectivity index (χ1v) is 6.51. The van der Waals surface area contributed by atoms with E-state index < -0.39 is 0 Å². The molecule has 0 saturated carbocycles. The summed E-state index contributed by atoms with van der Waals surface area (Å²) >= 11 is 1.59. The lowest BCUT2D eigenvalue weighted by atomic mass is 10.1. The maximum atomic E-state index is 5.62. The van der Waals surface area contributed by atoms with Crippen LogP contribution in [0.3, 0.4) is 0 Å². The Morgan fingerprint density at radius 2 is 2.24 bits per heavy atom. The van der Waals surface area contributed by atoms with Crippen LogP contribution in [0.5, 0.6) is 5.75 Å². The van der Waals surface area contributed by atoms with Crippen LogP contribution in [0, 0.1) is 6.92 Å². The Labute approximate surface area is 105 Å². The minimum atomic E-state index is 0.487. The van der Waals surface area contributed by atoms with Crippen LogP contribution in [0.4, 0.5) is 0 Å². The molecule has 0 saturated heterocycles. The van der Waals surface area contributed by atoms with Crippen LogP contribution in [0.1, 0.15) is 17.5 Å². The molecule has 0 aliphatic rings. The lowest BCUT2D eigenvalue weighted by Crippen LogP contribution is -1.96. The van der Waals surface area contributed by atoms with E-state index in [-0.39, 0.29) is 0 Å². The average molecular weight is 248 g/mol. The number of benzene rings is 1. The predicted octanol–water partition coefficient (Wildman–Crippen LogP) is 2.98. The third-order valence-corrected chi connectivity index (χ3v) is 3.31. The van der Waals surface area contributed by atoms with Crippen molar-refractivity contribution in [3.8, 4) is 17.0 Å². The second-order valence-electron chi connectivity index (χ2n) is 3.76. The SMILES string of the molecule is CCOc1ccc(C)cc1-c1csc(CN)n1. The number of hydrogen-bond donors (Lipinski definition) is 1. The van der Waals surface area contributed by atoms with E-state index >= 15 is 0 Å². The van der Waals surface area contributed by atoms with Crippen molar-refractivity contribution in [3.05, 3.63) is 34.2 Å². The van der Waals surface area contributed by atoms with Crippen molar-refractivity contribution < 1.29 is 4.74 Å². The normalized spacial score (nSPS) is 10.5. The van der Waals surface area contributed by atoms with Crippen LogP contribution >= 0.6 is 11.3 Å². The molecule has 0 unspecified atom stereocenters. The van der Waals surface area contributed by atoms with E-state index in [0.717, 1.165) is 22.0 Å². The standard InChI is InChI=1S/C13H16N2OS/c1-3-16-12-5-4-9(2)6-10(12)11-8-17-13(7-14)15-11/h4-6,8H,3,7,14H2,1-2H3. The molecule has 17 heavy (non-hydrogen) atoms. The summed E-state index contributed by atoms with van der Waals surface area (Å²) < 4.78 is 5.62. The molecule has 1 heterocycles. The molecule has 4 heteroatoms. The van der Waals surface area contributed by atoms with Gasteiger partial charge in [-0.3, -0.25) is 0 Å². The number of aromatic nitrogens is 1. The number of thiazole rings is 1. The van der Waals surface area contributed by atoms with Crippen LogP contribution in [0.2, 0.25) is 0 Å². The molecule has 1 aromatic heterocycles. The van der Waals surface area contributed by atoms with Crippen molar-refractivity contribution in [2.45, 2.75) is 20.4 Å². The molecule has 2 aromatic rings. The molecule has 0 aliphatic heterocycles. The largest absolute Gasteiger partial charge is 0.493 e. The molecule has 90 valence electrons. The van der Waals surface area contributed by atoms with Gasteiger partial charge in [0.2, 0.25) is 0 Å². The lowest BCUT2D eigenvalue weighted by molar-refractivity contribution is 0.341. The molecule has 0 spiro atoms. The molecular formula is C13H16N2OS. The van der Waals surface area contributed by atoms with Crippen LogP contribution in [-0.4, -0.2) is 11.6 Å². The molecule has 0 amide bonds. The zero-order chi connectivity index (χ0) is 12.3. The first-order valence-electron chi connectivity index (χ1n) is 5.63. The van der Waals surface area contributed by atoms with Crippen molar-refractivity contribution in [1.82, 2.24) is 4.98 Å². The van der Waals surface area contributed by atoms with Crippen molar-refractivity contribution in [2.24, 2.45) is 5.73 Å². The molecule has 0 aliphatic carbocycles. The van der Waals surface area contributed by atoms with Gasteiger partial charge in [0, 0.05) is 17.5 Å². The summed E-state index contributed by atoms with van der Waals surface area (Å²) in [6.07, 6.45) is 0. The fourth-order valence-corrected chi connectivity index (χ4v) is 2.33. The summed E-state index contributed by atoms with van der Waals surface area (Å²) in [7, 11) is 0. The second-order valence-corrected chi connectivity index (χ2v) is 4.71. The van der Waals surface area contributed by atoms with E-state index in [0.29, 0.717) is 13.2 Å². The number of hydrogen-bond acceptors (Lipinski definition) is 4. The predicted molar refractivity (Wildman–Crippen MR) is 71.3 cm³/mol. The van der Waals surface area contributed by atoms with Crippen molar-refractivity contribution in [3.63, 3.8) is 0 Å². The molecule has 0 atom stereocenters. The fourth-order valence-electron chi connectivity index (χ4n) is 1.65. The van der Waals surface area contributed by atoms with Gasteiger partial charge in [0.15, 0.2) is 0 Å². The van der Waals surface area contributed by atoms with E-state index in [2.05, 4.69) is 18.0 Å². The van der Waals surface area contributed by atoms with Gasteiger partial charge < -0.3 is 10.5 Å². The van der Waals surface area contributed by atoms with Crippen molar-refractivity contribution >= 4 is 11.3 Å². The highest BCUT2D eigenvalue weighted by atomic mass is 32.1. The fraction of sp³-hybridized carbons (Fsp3) is 0.308. The number of nitrogens with two attached hydrogens (primary N) is 1. The Balaban J connectivity index is 2.44. The van der Waals surface area contributed by atoms with Gasteiger partial charge in [-0.2, -0.15) is 0 Å². The first kappa shape index (κ1) is 12.1. The molecule has 0 radical (unpaired) electrons. The summed E-state index contributed by atoms with van der Waals surface area (Å²) in [5.74, 6) is 0.881. The van der Waals surface area contributed by atoms with Gasteiger partial charge in [-0.05, 0) is 26.0 Å². The summed E-state index contributed by atoms with van der Waals surface area (Å²) in [5, 5.41) is 2.98. The third kappa shape index (κ3) is 2.65. The number of nitrogens with zero attached hydrogens (tertiary/aromatic N) is 1. The number of rotatable bonds is 4. The van der Waals surface area contributed by atoms with Crippen molar-refractivity contribution in [1.29, 1.82) is 0 Å². The van der Waals surface area contributed by atoms with Gasteiger partial charge in [0.1, 0.15) is 10.8 Å². The lowest BCUT2D eigenvalue weighted by Gasteiger charge is -2.09. The molecule has 2 rings (SSSR count). The Kier molecular flexibility index (Phi) is 3.76. The quantitative estimate of drug-likeness (QED) is 0.905. The highest BCUT2D eigenvalue weighted by molar-refractivity contribution is 7.09. The molecular weight excluding hydrogens is 232 g/mol. The summed E-state index contributed by atoms with van der Waals surface area (Å²) in [6.45, 7) is 5.19. The number of ether oxygens (including phenoxy) is 1. The average Bonchev–Trinajstić information content (AvgIpc) is 2.80. The number of aryl methyl sites for hydroxylation is 1. The Morgan fingerprint density at radius 3 is 2.88 bits per heavy atom. The molecule has 3 nitrogen and oxygen atoms in total. The van der Waals surface area contributed by atoms with Gasteiger partial charge in [0.05, 0.1) is 12.3 Å². The summed E-state index contributed by atoms with van der Waals surface area (Å²) in [4.78, 5) is 4.50. The van der Waals surface area contributed by atoms with Gasteiger partial charge in [-0.15, -0.1) is 11.3 Å². The van der Waals surface area contributed by atoms with E-state index in [1.165, 1.54) is 5.56 Å². The van der Waals surface area contributed by atoms with E-state index in [1.807, 2.05) is 24.4 Å². The monoisotopic (exact) mass is 248 g/mol. The van der Waals surface area contributed by atoms with Crippen LogP contribution in [0.15, 0.2) is 23.6 Å². The highest BCUT2D eigenvalue weighted by Crippen LogP contribution is 2.31. The minimum Gasteiger partial charge on any atom is -0.493 e. The topological polar surface area (TPSA) is 48.1 Å². The zero-order valence-corrected chi connectivity index (χ0v) is 10.9. The maximum absolute atomic E-state index is 5.62. The second kappa shape index (κ2) is 5.29. The zero-order valence-electron chi connectivity index (χ0n) is 10.1. The summed E-state index contributed by atoms with van der Waals surface area (Å²) in [5.41, 5.74) is 8.78. The Hall–Kier alpha value is -1.39. The minimum absolute atomic E-state index is 0.487. The van der Waals surface area contributed by atoms with Gasteiger partial charge in [-0.25, -0.2) is 4.98 Å². The van der Waals surface area contributed by atoms with E-state index in [1.54, 1.807) is 11.3 Å². The van der Waals surface area contributed by atoms with Crippen LogP contribution in [-0.2, 0) is 6.54 Å². The molecule has 2 N–H and O–H groups in total. The molecule has 1 aromatic carbocycles. The Bertz CT molecular complexity index is 508. The molecule has 0 fully saturated rings. The summed E-state index contributed by atoms with van der Waals surface area (Å²) in [6, 6.07) is 6.14. The van der Waals surface area contributed by atoms with Gasteiger partial charge >= 0.3 is 0 Å². The Morgan fingerprint density at radius 1 is 1.41 bits per heavy atom. The van der Waals surface area contributed by atoms with E-state index in [4.69, 9.17) is 10.5 Å². The van der Waals surface area contributed by atoms with Gasteiger partial charge in [-0.1, -0.05) is 11.6 Å². The first-order chi connectivity index (χ1) is 8.24.